The zero-order valence-electron chi connectivity index (χ0n) is 14.6. The first-order valence-corrected chi connectivity index (χ1v) is 8.61. The molecule has 1 heterocycles. The Labute approximate surface area is 149 Å². The fraction of sp³-hybridized carbons (Fsp3) is 0.333. The number of para-hydroxylation sites is 2. The lowest BCUT2D eigenvalue weighted by Gasteiger charge is -2.36. The van der Waals surface area contributed by atoms with Crippen molar-refractivity contribution in [3.05, 3.63) is 72.8 Å². The second-order valence-electron chi connectivity index (χ2n) is 6.06. The number of nitrogens with zero attached hydrogens (tertiary/aromatic N) is 1. The van der Waals surface area contributed by atoms with Gasteiger partial charge in [0, 0.05) is 19.6 Å². The maximum atomic E-state index is 6.39. The van der Waals surface area contributed by atoms with E-state index in [2.05, 4.69) is 23.6 Å². The molecular formula is C21H25NO3. The topological polar surface area (TPSA) is 30.9 Å². The fourth-order valence-electron chi connectivity index (χ4n) is 3.12. The number of ether oxygens (including phenoxy) is 3. The van der Waals surface area contributed by atoms with Crippen LogP contribution in [0.15, 0.2) is 67.3 Å². The van der Waals surface area contributed by atoms with Crippen LogP contribution in [0.25, 0.3) is 0 Å². The average Bonchev–Trinajstić information content (AvgIpc) is 2.67. The van der Waals surface area contributed by atoms with Gasteiger partial charge in [0.2, 0.25) is 0 Å². The summed E-state index contributed by atoms with van der Waals surface area (Å²) >= 11 is 0. The van der Waals surface area contributed by atoms with Crippen LogP contribution in [0.5, 0.6) is 11.5 Å². The molecule has 0 spiro atoms. The molecule has 0 N–H and O–H groups in total. The predicted octanol–water partition coefficient (Wildman–Crippen LogP) is 3.70. The van der Waals surface area contributed by atoms with Gasteiger partial charge in [0.05, 0.1) is 13.7 Å². The van der Waals surface area contributed by atoms with Crippen molar-refractivity contribution in [3.8, 4) is 11.5 Å². The highest BCUT2D eigenvalue weighted by Crippen LogP contribution is 2.33. The molecule has 2 unspecified atom stereocenters. The molecule has 1 saturated heterocycles. The van der Waals surface area contributed by atoms with Crippen molar-refractivity contribution in [2.24, 2.45) is 0 Å². The minimum absolute atomic E-state index is 0.0546. The van der Waals surface area contributed by atoms with Gasteiger partial charge >= 0.3 is 0 Å². The molecule has 1 aliphatic heterocycles. The molecule has 1 aliphatic rings. The van der Waals surface area contributed by atoms with Crippen LogP contribution in [-0.4, -0.2) is 44.4 Å². The van der Waals surface area contributed by atoms with Crippen LogP contribution in [0.2, 0.25) is 0 Å². The minimum atomic E-state index is -0.204. The highest BCUT2D eigenvalue weighted by molar-refractivity contribution is 5.40. The van der Waals surface area contributed by atoms with E-state index in [0.29, 0.717) is 6.61 Å². The molecule has 4 nitrogen and oxygen atoms in total. The molecule has 0 amide bonds. The second-order valence-corrected chi connectivity index (χ2v) is 6.06. The molecule has 3 rings (SSSR count). The Morgan fingerprint density at radius 1 is 1.16 bits per heavy atom. The molecule has 0 bridgehead atoms. The van der Waals surface area contributed by atoms with Gasteiger partial charge in [-0.15, -0.1) is 6.58 Å². The Balaban J connectivity index is 1.86. The molecule has 25 heavy (non-hydrogen) atoms. The lowest BCUT2D eigenvalue weighted by atomic mass is 10.0. The molecule has 2 aromatic carbocycles. The number of rotatable bonds is 7. The molecule has 0 aliphatic carbocycles. The van der Waals surface area contributed by atoms with Crippen LogP contribution in [0.3, 0.4) is 0 Å². The van der Waals surface area contributed by atoms with Gasteiger partial charge in [-0.1, -0.05) is 48.5 Å². The van der Waals surface area contributed by atoms with Crippen molar-refractivity contribution in [2.45, 2.75) is 12.2 Å². The van der Waals surface area contributed by atoms with Crippen LogP contribution in [0.1, 0.15) is 11.7 Å². The van der Waals surface area contributed by atoms with Crippen LogP contribution >= 0.6 is 0 Å². The zero-order valence-corrected chi connectivity index (χ0v) is 14.6. The third-order valence-electron chi connectivity index (χ3n) is 4.35. The van der Waals surface area contributed by atoms with Crippen molar-refractivity contribution in [3.63, 3.8) is 0 Å². The van der Waals surface area contributed by atoms with Crippen molar-refractivity contribution in [1.82, 2.24) is 4.90 Å². The molecule has 0 saturated carbocycles. The molecule has 132 valence electrons. The summed E-state index contributed by atoms with van der Waals surface area (Å²) < 4.78 is 17.9. The Hall–Kier alpha value is -2.30. The quantitative estimate of drug-likeness (QED) is 0.720. The summed E-state index contributed by atoms with van der Waals surface area (Å²) in [7, 11) is 1.66. The van der Waals surface area contributed by atoms with Crippen LogP contribution in [0, 0.1) is 0 Å². The van der Waals surface area contributed by atoms with E-state index in [1.165, 1.54) is 0 Å². The van der Waals surface area contributed by atoms with Crippen LogP contribution < -0.4 is 9.47 Å². The Kier molecular flexibility index (Phi) is 6.09. The lowest BCUT2D eigenvalue weighted by Crippen LogP contribution is -2.46. The number of hydrogen-bond acceptors (Lipinski definition) is 4. The van der Waals surface area contributed by atoms with Gasteiger partial charge in [0.1, 0.15) is 6.10 Å². The first kappa shape index (κ1) is 17.5. The number of hydrogen-bond donors (Lipinski definition) is 0. The first-order chi connectivity index (χ1) is 12.3. The lowest BCUT2D eigenvalue weighted by molar-refractivity contribution is -0.0797. The third kappa shape index (κ3) is 4.41. The van der Waals surface area contributed by atoms with E-state index in [1.807, 2.05) is 48.5 Å². The van der Waals surface area contributed by atoms with E-state index in [1.54, 1.807) is 7.11 Å². The van der Waals surface area contributed by atoms with Crippen molar-refractivity contribution in [1.29, 1.82) is 0 Å². The van der Waals surface area contributed by atoms with E-state index in [-0.39, 0.29) is 12.2 Å². The summed E-state index contributed by atoms with van der Waals surface area (Å²) in [6.07, 6.45) is 1.67. The SMILES string of the molecule is C=CCN1CCOC(C(Oc2ccccc2OC)c2ccccc2)C1. The van der Waals surface area contributed by atoms with E-state index in [0.717, 1.165) is 36.7 Å². The standard InChI is InChI=1S/C21H25NO3/c1-3-13-22-14-15-24-20(16-22)21(17-9-5-4-6-10-17)25-19-12-8-7-11-18(19)23-2/h3-12,20-21H,1,13-16H2,2H3. The minimum Gasteiger partial charge on any atom is -0.493 e. The molecule has 4 heteroatoms. The summed E-state index contributed by atoms with van der Waals surface area (Å²) in [5, 5.41) is 0. The maximum absolute atomic E-state index is 6.39. The Morgan fingerprint density at radius 3 is 2.60 bits per heavy atom. The van der Waals surface area contributed by atoms with Gasteiger partial charge in [0.15, 0.2) is 17.6 Å². The fourth-order valence-corrected chi connectivity index (χ4v) is 3.12. The molecule has 2 atom stereocenters. The Bertz CT molecular complexity index is 674. The summed E-state index contributed by atoms with van der Waals surface area (Å²) in [5.41, 5.74) is 1.10. The monoisotopic (exact) mass is 339 g/mol. The van der Waals surface area contributed by atoms with E-state index >= 15 is 0 Å². The average molecular weight is 339 g/mol. The number of morpholine rings is 1. The smallest absolute Gasteiger partial charge is 0.162 e. The van der Waals surface area contributed by atoms with Gasteiger partial charge < -0.3 is 14.2 Å². The van der Waals surface area contributed by atoms with Crippen molar-refractivity contribution in [2.75, 3.05) is 33.4 Å². The first-order valence-electron chi connectivity index (χ1n) is 8.61. The van der Waals surface area contributed by atoms with Gasteiger partial charge in [-0.3, -0.25) is 4.90 Å². The van der Waals surface area contributed by atoms with E-state index in [9.17, 15) is 0 Å². The van der Waals surface area contributed by atoms with Gasteiger partial charge in [0.25, 0.3) is 0 Å². The highest BCUT2D eigenvalue weighted by atomic mass is 16.6. The number of methoxy groups -OCH3 is 1. The summed E-state index contributed by atoms with van der Waals surface area (Å²) in [4.78, 5) is 2.34. The zero-order chi connectivity index (χ0) is 17.5. The normalized spacial score (nSPS) is 19.2. The van der Waals surface area contributed by atoms with Gasteiger partial charge in [-0.25, -0.2) is 0 Å². The van der Waals surface area contributed by atoms with E-state index in [4.69, 9.17) is 14.2 Å². The van der Waals surface area contributed by atoms with Crippen molar-refractivity contribution >= 4 is 0 Å². The van der Waals surface area contributed by atoms with Crippen LogP contribution in [-0.2, 0) is 4.74 Å². The molecular weight excluding hydrogens is 314 g/mol. The summed E-state index contributed by atoms with van der Waals surface area (Å²) in [5.74, 6) is 1.45. The summed E-state index contributed by atoms with van der Waals surface area (Å²) in [6, 6.07) is 17.9. The highest BCUT2D eigenvalue weighted by Gasteiger charge is 2.31. The van der Waals surface area contributed by atoms with Crippen molar-refractivity contribution < 1.29 is 14.2 Å². The molecule has 0 radical (unpaired) electrons. The Morgan fingerprint density at radius 2 is 1.88 bits per heavy atom. The van der Waals surface area contributed by atoms with Gasteiger partial charge in [-0.05, 0) is 17.7 Å². The molecule has 1 fully saturated rings. The third-order valence-corrected chi connectivity index (χ3v) is 4.35. The molecule has 2 aromatic rings. The summed E-state index contributed by atoms with van der Waals surface area (Å²) in [6.45, 7) is 7.11. The maximum Gasteiger partial charge on any atom is 0.162 e. The second kappa shape index (κ2) is 8.70. The van der Waals surface area contributed by atoms with Gasteiger partial charge in [-0.2, -0.15) is 0 Å². The molecule has 0 aromatic heterocycles. The number of benzene rings is 2. The van der Waals surface area contributed by atoms with E-state index < -0.39 is 0 Å². The van der Waals surface area contributed by atoms with Crippen LogP contribution in [0.4, 0.5) is 0 Å². The largest absolute Gasteiger partial charge is 0.493 e. The predicted molar refractivity (Wildman–Crippen MR) is 99.2 cm³/mol.